The highest BCUT2D eigenvalue weighted by molar-refractivity contribution is 7.99. The maximum atomic E-state index is 14.9. The third kappa shape index (κ3) is 4.82. The van der Waals surface area contributed by atoms with E-state index in [4.69, 9.17) is 14.2 Å². The summed E-state index contributed by atoms with van der Waals surface area (Å²) in [5.41, 5.74) is 0.878. The Hall–Kier alpha value is -3.27. The number of ether oxygens (including phenoxy) is 3. The zero-order chi connectivity index (χ0) is 24.1. The molecule has 0 radical (unpaired) electrons. The van der Waals surface area contributed by atoms with Gasteiger partial charge in [0.05, 0.1) is 32.8 Å². The summed E-state index contributed by atoms with van der Waals surface area (Å²) in [6.45, 7) is 1.55. The highest BCUT2D eigenvalue weighted by Gasteiger charge is 2.24. The average Bonchev–Trinajstić information content (AvgIpc) is 3.30. The fraction of sp³-hybridized carbons (Fsp3) is 0.375. The van der Waals surface area contributed by atoms with Crippen LogP contribution >= 0.6 is 11.8 Å². The molecule has 8 nitrogen and oxygen atoms in total. The number of piperidine rings is 1. The molecule has 34 heavy (non-hydrogen) atoms. The lowest BCUT2D eigenvalue weighted by Gasteiger charge is -2.26. The molecule has 2 aromatic carbocycles. The minimum absolute atomic E-state index is 0.0436. The van der Waals surface area contributed by atoms with Crippen LogP contribution in [-0.2, 0) is 4.79 Å². The van der Waals surface area contributed by atoms with Crippen LogP contribution < -0.4 is 14.2 Å². The van der Waals surface area contributed by atoms with Crippen LogP contribution in [0.15, 0.2) is 41.6 Å². The Labute approximate surface area is 202 Å². The van der Waals surface area contributed by atoms with Gasteiger partial charge in [-0.25, -0.2) is 4.39 Å². The lowest BCUT2D eigenvalue weighted by Crippen LogP contribution is -2.36. The number of likely N-dealkylation sites (tertiary alicyclic amines) is 1. The van der Waals surface area contributed by atoms with Gasteiger partial charge in [-0.1, -0.05) is 23.9 Å². The standard InChI is InChI=1S/C24H27FN4O4S/c1-31-19-13-16(14-20(32-2)22(19)33-3)23-26-27-24(29(23)18-10-6-5-9-17(18)25)34-15-21(30)28-11-7-4-8-12-28/h5-6,9-10,13-14H,4,7-8,11-12,15H2,1-3H3. The first-order valence-electron chi connectivity index (χ1n) is 11.0. The van der Waals surface area contributed by atoms with Crippen LogP contribution in [0.4, 0.5) is 4.39 Å². The van der Waals surface area contributed by atoms with Gasteiger partial charge in [-0.05, 0) is 43.5 Å². The number of halogens is 1. The van der Waals surface area contributed by atoms with E-state index in [0.29, 0.717) is 33.8 Å². The molecule has 1 amide bonds. The van der Waals surface area contributed by atoms with Gasteiger partial charge in [0.15, 0.2) is 22.5 Å². The number of benzene rings is 2. The van der Waals surface area contributed by atoms with E-state index in [9.17, 15) is 9.18 Å². The third-order valence-corrected chi connectivity index (χ3v) is 6.60. The van der Waals surface area contributed by atoms with Gasteiger partial charge in [0.2, 0.25) is 11.7 Å². The van der Waals surface area contributed by atoms with E-state index in [-0.39, 0.29) is 17.3 Å². The summed E-state index contributed by atoms with van der Waals surface area (Å²) in [6, 6.07) is 9.85. The molecule has 0 N–H and O–H groups in total. The van der Waals surface area contributed by atoms with Gasteiger partial charge in [-0.15, -0.1) is 10.2 Å². The van der Waals surface area contributed by atoms with Crippen LogP contribution in [0.1, 0.15) is 19.3 Å². The highest BCUT2D eigenvalue weighted by Crippen LogP contribution is 2.42. The smallest absolute Gasteiger partial charge is 0.233 e. The summed E-state index contributed by atoms with van der Waals surface area (Å²) in [5.74, 6) is 1.51. The maximum Gasteiger partial charge on any atom is 0.233 e. The van der Waals surface area contributed by atoms with E-state index in [1.54, 1.807) is 34.9 Å². The Morgan fingerprint density at radius 1 is 1.00 bits per heavy atom. The monoisotopic (exact) mass is 486 g/mol. The number of aromatic nitrogens is 3. The molecule has 0 atom stereocenters. The van der Waals surface area contributed by atoms with Gasteiger partial charge in [0, 0.05) is 18.7 Å². The van der Waals surface area contributed by atoms with Crippen molar-refractivity contribution in [3.63, 3.8) is 0 Å². The van der Waals surface area contributed by atoms with Crippen molar-refractivity contribution in [2.24, 2.45) is 0 Å². The predicted octanol–water partition coefficient (Wildman–Crippen LogP) is 4.20. The Morgan fingerprint density at radius 3 is 2.29 bits per heavy atom. The zero-order valence-electron chi connectivity index (χ0n) is 19.4. The number of hydrogen-bond donors (Lipinski definition) is 0. The molecule has 10 heteroatoms. The lowest BCUT2D eigenvalue weighted by molar-refractivity contribution is -0.129. The summed E-state index contributed by atoms with van der Waals surface area (Å²) in [5, 5.41) is 9.07. The van der Waals surface area contributed by atoms with Gasteiger partial charge in [-0.2, -0.15) is 0 Å². The zero-order valence-corrected chi connectivity index (χ0v) is 20.2. The topological polar surface area (TPSA) is 78.7 Å². The number of amides is 1. The number of hydrogen-bond acceptors (Lipinski definition) is 7. The predicted molar refractivity (Wildman–Crippen MR) is 128 cm³/mol. The third-order valence-electron chi connectivity index (χ3n) is 5.68. The molecule has 1 aromatic heterocycles. The molecular formula is C24H27FN4O4S. The van der Waals surface area contributed by atoms with Gasteiger partial charge in [-0.3, -0.25) is 9.36 Å². The van der Waals surface area contributed by atoms with Crippen molar-refractivity contribution >= 4 is 17.7 Å². The van der Waals surface area contributed by atoms with Gasteiger partial charge in [0.25, 0.3) is 0 Å². The molecule has 3 aromatic rings. The SMILES string of the molecule is COc1cc(-c2nnc(SCC(=O)N3CCCCC3)n2-c2ccccc2F)cc(OC)c1OC. The molecule has 0 unspecified atom stereocenters. The number of para-hydroxylation sites is 1. The minimum Gasteiger partial charge on any atom is -0.493 e. The van der Waals surface area contributed by atoms with Gasteiger partial charge in [0.1, 0.15) is 5.82 Å². The number of carbonyl (C=O) groups excluding carboxylic acids is 1. The second-order valence-corrected chi connectivity index (χ2v) is 8.68. The van der Waals surface area contributed by atoms with Crippen molar-refractivity contribution in [1.29, 1.82) is 0 Å². The summed E-state index contributed by atoms with van der Waals surface area (Å²) >= 11 is 1.24. The molecule has 180 valence electrons. The average molecular weight is 487 g/mol. The summed E-state index contributed by atoms with van der Waals surface area (Å²) < 4.78 is 32.9. The minimum atomic E-state index is -0.430. The van der Waals surface area contributed by atoms with E-state index in [1.165, 1.54) is 39.2 Å². The molecule has 1 saturated heterocycles. The van der Waals surface area contributed by atoms with Gasteiger partial charge < -0.3 is 19.1 Å². The van der Waals surface area contributed by atoms with Gasteiger partial charge >= 0.3 is 0 Å². The number of nitrogens with zero attached hydrogens (tertiary/aromatic N) is 4. The molecular weight excluding hydrogens is 459 g/mol. The van der Waals surface area contributed by atoms with Crippen LogP contribution in [0.3, 0.4) is 0 Å². The van der Waals surface area contributed by atoms with E-state index in [0.717, 1.165) is 32.4 Å². The van der Waals surface area contributed by atoms with Crippen molar-refractivity contribution in [1.82, 2.24) is 19.7 Å². The van der Waals surface area contributed by atoms with Crippen molar-refractivity contribution in [2.45, 2.75) is 24.4 Å². The van der Waals surface area contributed by atoms with Crippen LogP contribution in [0, 0.1) is 5.82 Å². The first kappa shape index (κ1) is 23.9. The Kier molecular flexibility index (Phi) is 7.56. The van der Waals surface area contributed by atoms with Crippen molar-refractivity contribution in [3.8, 4) is 34.3 Å². The van der Waals surface area contributed by atoms with Crippen molar-refractivity contribution < 1.29 is 23.4 Å². The molecule has 0 bridgehead atoms. The Balaban J connectivity index is 1.75. The van der Waals surface area contributed by atoms with Crippen LogP contribution in [-0.4, -0.2) is 65.7 Å². The van der Waals surface area contributed by atoms with E-state index in [1.807, 2.05) is 4.90 Å². The number of rotatable bonds is 8. The summed E-state index contributed by atoms with van der Waals surface area (Å²) in [6.07, 6.45) is 3.19. The normalized spacial score (nSPS) is 13.6. The molecule has 0 aliphatic carbocycles. The van der Waals surface area contributed by atoms with Crippen molar-refractivity contribution in [2.75, 3.05) is 40.2 Å². The fourth-order valence-electron chi connectivity index (χ4n) is 3.97. The largest absolute Gasteiger partial charge is 0.493 e. The highest BCUT2D eigenvalue weighted by atomic mass is 32.2. The summed E-state index contributed by atoms with van der Waals surface area (Å²) in [4.78, 5) is 14.6. The molecule has 1 aliphatic rings. The second-order valence-electron chi connectivity index (χ2n) is 7.74. The summed E-state index contributed by atoms with van der Waals surface area (Å²) in [7, 11) is 4.57. The van der Waals surface area contributed by atoms with Crippen LogP contribution in [0.25, 0.3) is 17.1 Å². The van der Waals surface area contributed by atoms with E-state index in [2.05, 4.69) is 10.2 Å². The van der Waals surface area contributed by atoms with E-state index < -0.39 is 5.82 Å². The first-order valence-corrected chi connectivity index (χ1v) is 12.0. The van der Waals surface area contributed by atoms with E-state index >= 15 is 0 Å². The maximum absolute atomic E-state index is 14.9. The molecule has 4 rings (SSSR count). The molecule has 1 fully saturated rings. The Morgan fingerprint density at radius 2 is 1.68 bits per heavy atom. The van der Waals surface area contributed by atoms with Crippen LogP contribution in [0.2, 0.25) is 0 Å². The number of thioether (sulfide) groups is 1. The molecule has 0 spiro atoms. The molecule has 2 heterocycles. The second kappa shape index (κ2) is 10.8. The molecule has 1 aliphatic heterocycles. The first-order chi connectivity index (χ1) is 16.6. The quantitative estimate of drug-likeness (QED) is 0.442. The fourth-order valence-corrected chi connectivity index (χ4v) is 4.82. The van der Waals surface area contributed by atoms with Crippen LogP contribution in [0.5, 0.6) is 17.2 Å². The lowest BCUT2D eigenvalue weighted by atomic mass is 10.1. The number of carbonyl (C=O) groups is 1. The Bertz CT molecular complexity index is 1140. The molecule has 0 saturated carbocycles. The van der Waals surface area contributed by atoms with Crippen molar-refractivity contribution in [3.05, 3.63) is 42.2 Å². The number of methoxy groups -OCH3 is 3.